The van der Waals surface area contributed by atoms with E-state index in [0.29, 0.717) is 0 Å². The molecule has 1 atom stereocenters. The Kier molecular flexibility index (Phi) is 5.75. The van der Waals surface area contributed by atoms with Gasteiger partial charge >= 0.3 is 6.09 Å². The van der Waals surface area contributed by atoms with Crippen LogP contribution in [0.3, 0.4) is 0 Å². The smallest absolute Gasteiger partial charge is 0.407 e. The minimum absolute atomic E-state index is 0.107. The summed E-state index contributed by atoms with van der Waals surface area (Å²) in [6.45, 7) is -0.0445. The number of amides is 1. The average Bonchev–Trinajstić information content (AvgIpc) is 3.35. The van der Waals surface area contributed by atoms with Gasteiger partial charge in [0.25, 0.3) is 0 Å². The molecule has 136 valence electrons. The maximum atomic E-state index is 12.8. The van der Waals surface area contributed by atoms with Crippen LogP contribution in [0.15, 0.2) is 74.9 Å². The zero-order valence-corrected chi connectivity index (χ0v) is 15.3. The first-order chi connectivity index (χ1) is 12.6. The first-order valence-corrected chi connectivity index (χ1v) is 10.3. The molecule has 3 aromatic rings. The van der Waals surface area contributed by atoms with Crippen LogP contribution in [-0.2, 0) is 21.2 Å². The highest BCUT2D eigenvalue weighted by Gasteiger charge is 2.32. The molecule has 0 saturated carbocycles. The van der Waals surface area contributed by atoms with E-state index >= 15 is 0 Å². The Balaban J connectivity index is 1.66. The first kappa shape index (κ1) is 18.2. The number of rotatable bonds is 7. The summed E-state index contributed by atoms with van der Waals surface area (Å²) in [5.41, 5.74) is 0.844. The van der Waals surface area contributed by atoms with Gasteiger partial charge in [-0.3, -0.25) is 0 Å². The fraction of sp³-hybridized carbons (Fsp3) is 0.167. The number of hydrogen-bond acceptors (Lipinski definition) is 6. The van der Waals surface area contributed by atoms with Gasteiger partial charge in [-0.05, 0) is 29.1 Å². The molecule has 1 aromatic carbocycles. The van der Waals surface area contributed by atoms with Crippen LogP contribution in [-0.4, -0.2) is 21.1 Å². The molecule has 3 rings (SSSR count). The lowest BCUT2D eigenvalue weighted by atomic mass is 10.2. The van der Waals surface area contributed by atoms with Crippen molar-refractivity contribution in [2.45, 2.75) is 16.1 Å². The van der Waals surface area contributed by atoms with Crippen molar-refractivity contribution in [3.63, 3.8) is 0 Å². The number of benzene rings is 1. The molecular formula is C18H17NO5S2. The summed E-state index contributed by atoms with van der Waals surface area (Å²) in [5, 5.41) is 3.17. The van der Waals surface area contributed by atoms with Crippen molar-refractivity contribution in [3.05, 3.63) is 77.6 Å². The molecule has 6 nitrogen and oxygen atoms in total. The molecule has 0 aliphatic heterocycles. The highest BCUT2D eigenvalue weighted by atomic mass is 32.2. The van der Waals surface area contributed by atoms with E-state index < -0.39 is 21.2 Å². The number of carbonyl (C=O) groups is 1. The number of thiophene rings is 1. The fourth-order valence-electron chi connectivity index (χ4n) is 2.35. The van der Waals surface area contributed by atoms with Gasteiger partial charge in [0.2, 0.25) is 0 Å². The molecule has 0 unspecified atom stereocenters. The number of ether oxygens (including phenoxy) is 1. The van der Waals surface area contributed by atoms with Crippen molar-refractivity contribution < 1.29 is 22.4 Å². The Morgan fingerprint density at radius 1 is 1.12 bits per heavy atom. The van der Waals surface area contributed by atoms with Gasteiger partial charge in [0, 0.05) is 6.54 Å². The van der Waals surface area contributed by atoms with Gasteiger partial charge in [0.15, 0.2) is 9.84 Å². The lowest BCUT2D eigenvalue weighted by Gasteiger charge is -2.15. The molecule has 0 saturated heterocycles. The van der Waals surface area contributed by atoms with Gasteiger partial charge in [-0.1, -0.05) is 36.4 Å². The van der Waals surface area contributed by atoms with Crippen LogP contribution in [0, 0.1) is 0 Å². The Hall–Kier alpha value is -2.58. The fourth-order valence-corrected chi connectivity index (χ4v) is 5.14. The quantitative estimate of drug-likeness (QED) is 0.662. The molecule has 1 amide bonds. The maximum absolute atomic E-state index is 12.8. The molecule has 0 aliphatic carbocycles. The van der Waals surface area contributed by atoms with Crippen LogP contribution in [0.25, 0.3) is 0 Å². The summed E-state index contributed by atoms with van der Waals surface area (Å²) in [6.07, 6.45) is 0.715. The lowest BCUT2D eigenvalue weighted by Crippen LogP contribution is -2.32. The summed E-state index contributed by atoms with van der Waals surface area (Å²) in [5.74, 6) is 0.266. The van der Waals surface area contributed by atoms with Gasteiger partial charge in [0.1, 0.15) is 21.8 Å². The molecule has 0 aliphatic rings. The highest BCUT2D eigenvalue weighted by Crippen LogP contribution is 2.31. The van der Waals surface area contributed by atoms with Crippen molar-refractivity contribution in [2.75, 3.05) is 6.54 Å². The van der Waals surface area contributed by atoms with Crippen LogP contribution >= 0.6 is 11.3 Å². The monoisotopic (exact) mass is 391 g/mol. The number of carbonyl (C=O) groups excluding carboxylic acids is 1. The van der Waals surface area contributed by atoms with Crippen LogP contribution < -0.4 is 5.32 Å². The van der Waals surface area contributed by atoms with Gasteiger partial charge in [-0.2, -0.15) is 0 Å². The predicted molar refractivity (Wildman–Crippen MR) is 97.6 cm³/mol. The largest absolute Gasteiger partial charge is 0.468 e. The summed E-state index contributed by atoms with van der Waals surface area (Å²) < 4.78 is 36.3. The van der Waals surface area contributed by atoms with E-state index in [-0.39, 0.29) is 23.1 Å². The maximum Gasteiger partial charge on any atom is 0.407 e. The molecule has 0 spiro atoms. The topological polar surface area (TPSA) is 85.6 Å². The summed E-state index contributed by atoms with van der Waals surface area (Å²) in [7, 11) is -3.69. The van der Waals surface area contributed by atoms with E-state index in [1.807, 2.05) is 30.3 Å². The summed E-state index contributed by atoms with van der Waals surface area (Å²) in [4.78, 5) is 11.9. The Morgan fingerprint density at radius 2 is 1.92 bits per heavy atom. The third-order valence-electron chi connectivity index (χ3n) is 3.66. The van der Waals surface area contributed by atoms with E-state index in [4.69, 9.17) is 9.15 Å². The van der Waals surface area contributed by atoms with E-state index in [0.717, 1.165) is 16.9 Å². The second-order valence-corrected chi connectivity index (χ2v) is 8.73. The van der Waals surface area contributed by atoms with Gasteiger partial charge < -0.3 is 14.5 Å². The first-order valence-electron chi connectivity index (χ1n) is 7.83. The van der Waals surface area contributed by atoms with Crippen molar-refractivity contribution >= 4 is 27.3 Å². The lowest BCUT2D eigenvalue weighted by molar-refractivity contribution is 0.139. The SMILES string of the molecule is O=C(NC[C@@H](c1ccco1)S(=O)(=O)c1cccs1)OCc1ccccc1. The van der Waals surface area contributed by atoms with E-state index in [1.165, 1.54) is 12.3 Å². The average molecular weight is 391 g/mol. The number of sulfone groups is 1. The van der Waals surface area contributed by atoms with E-state index in [9.17, 15) is 13.2 Å². The standard InChI is InChI=1S/C18H17NO5S2/c20-18(24-13-14-6-2-1-3-7-14)19-12-16(15-8-4-10-23-15)26(21,22)17-9-5-11-25-17/h1-11,16H,12-13H2,(H,19,20)/t16-/m0/s1. The molecule has 0 radical (unpaired) electrons. The second kappa shape index (κ2) is 8.20. The van der Waals surface area contributed by atoms with Gasteiger partial charge in [-0.15, -0.1) is 11.3 Å². The van der Waals surface area contributed by atoms with Crippen LogP contribution in [0.2, 0.25) is 0 Å². The molecule has 1 N–H and O–H groups in total. The summed E-state index contributed by atoms with van der Waals surface area (Å²) in [6, 6.07) is 15.6. The highest BCUT2D eigenvalue weighted by molar-refractivity contribution is 7.93. The second-order valence-electron chi connectivity index (χ2n) is 5.42. The van der Waals surface area contributed by atoms with Gasteiger partial charge in [-0.25, -0.2) is 13.2 Å². The van der Waals surface area contributed by atoms with Crippen LogP contribution in [0.1, 0.15) is 16.6 Å². The van der Waals surface area contributed by atoms with E-state index in [2.05, 4.69) is 5.32 Å². The van der Waals surface area contributed by atoms with Crippen molar-refractivity contribution in [2.24, 2.45) is 0 Å². The molecule has 2 aromatic heterocycles. The molecule has 0 bridgehead atoms. The molecule has 8 heteroatoms. The normalized spacial score (nSPS) is 12.5. The molecule has 26 heavy (non-hydrogen) atoms. The Morgan fingerprint density at radius 3 is 2.58 bits per heavy atom. The zero-order valence-electron chi connectivity index (χ0n) is 13.7. The van der Waals surface area contributed by atoms with Crippen LogP contribution in [0.5, 0.6) is 0 Å². The predicted octanol–water partition coefficient (Wildman–Crippen LogP) is 3.78. The number of furan rings is 1. The molecule has 0 fully saturated rings. The Labute approximate surface area is 155 Å². The Bertz CT molecular complexity index is 919. The van der Waals surface area contributed by atoms with Crippen molar-refractivity contribution in [1.82, 2.24) is 5.32 Å². The third-order valence-corrected chi connectivity index (χ3v) is 7.15. The van der Waals surface area contributed by atoms with E-state index in [1.54, 1.807) is 23.6 Å². The molecular weight excluding hydrogens is 374 g/mol. The zero-order chi connectivity index (χ0) is 18.4. The minimum atomic E-state index is -3.69. The van der Waals surface area contributed by atoms with Gasteiger partial charge in [0.05, 0.1) is 6.26 Å². The minimum Gasteiger partial charge on any atom is -0.468 e. The molecule has 2 heterocycles. The van der Waals surface area contributed by atoms with Crippen molar-refractivity contribution in [3.8, 4) is 0 Å². The number of alkyl carbamates (subject to hydrolysis) is 1. The third kappa shape index (κ3) is 4.33. The van der Waals surface area contributed by atoms with Crippen molar-refractivity contribution in [1.29, 1.82) is 0 Å². The van der Waals surface area contributed by atoms with Crippen LogP contribution in [0.4, 0.5) is 4.79 Å². The number of hydrogen-bond donors (Lipinski definition) is 1. The number of nitrogens with one attached hydrogen (secondary N) is 1. The summed E-state index contributed by atoms with van der Waals surface area (Å²) >= 11 is 1.12.